The summed E-state index contributed by atoms with van der Waals surface area (Å²) in [6, 6.07) is 8.11. The van der Waals surface area contributed by atoms with Gasteiger partial charge in [0.2, 0.25) is 0 Å². The molecule has 0 saturated heterocycles. The third-order valence-electron chi connectivity index (χ3n) is 2.60. The molecule has 0 spiro atoms. The molecule has 7 nitrogen and oxygen atoms in total. The van der Waals surface area contributed by atoms with Crippen molar-refractivity contribution in [1.29, 1.82) is 0 Å². The maximum absolute atomic E-state index is 12.1. The van der Waals surface area contributed by atoms with Crippen molar-refractivity contribution >= 4 is 31.4 Å². The largest absolute Gasteiger partial charge is 0.384 e. The van der Waals surface area contributed by atoms with Gasteiger partial charge in [-0.2, -0.15) is 0 Å². The number of nitrogens with zero attached hydrogens (tertiary/aromatic N) is 1. The summed E-state index contributed by atoms with van der Waals surface area (Å²) in [5, 5.41) is 0. The Morgan fingerprint density at radius 3 is 2.00 bits per heavy atom. The predicted molar refractivity (Wildman–Crippen MR) is 79.0 cm³/mol. The van der Waals surface area contributed by atoms with Crippen LogP contribution in [0.4, 0.5) is 11.5 Å². The van der Waals surface area contributed by atoms with Crippen LogP contribution in [0, 0.1) is 0 Å². The second kappa shape index (κ2) is 5.34. The summed E-state index contributed by atoms with van der Waals surface area (Å²) < 4.78 is 49.1. The second-order valence-corrected chi connectivity index (χ2v) is 8.02. The number of nitrogens with two attached hydrogens (primary N) is 1. The van der Waals surface area contributed by atoms with Crippen molar-refractivity contribution in [3.05, 3.63) is 42.6 Å². The molecule has 112 valence electrons. The second-order valence-electron chi connectivity index (χ2n) is 4.32. The van der Waals surface area contributed by atoms with Crippen LogP contribution in [0.5, 0.6) is 0 Å². The fourth-order valence-corrected chi connectivity index (χ4v) is 3.17. The van der Waals surface area contributed by atoms with Crippen LogP contribution in [0.3, 0.4) is 0 Å². The van der Waals surface area contributed by atoms with Gasteiger partial charge in [-0.15, -0.1) is 0 Å². The Kier molecular flexibility index (Phi) is 3.88. The van der Waals surface area contributed by atoms with Crippen LogP contribution in [-0.2, 0) is 19.9 Å². The Balaban J connectivity index is 2.27. The van der Waals surface area contributed by atoms with Crippen molar-refractivity contribution < 1.29 is 16.8 Å². The predicted octanol–water partition coefficient (Wildman–Crippen LogP) is 0.868. The normalized spacial score (nSPS) is 12.0. The summed E-state index contributed by atoms with van der Waals surface area (Å²) in [4.78, 5) is 3.79. The van der Waals surface area contributed by atoms with Crippen LogP contribution >= 0.6 is 0 Å². The number of benzene rings is 1. The maximum Gasteiger partial charge on any atom is 0.263 e. The first-order valence-corrected chi connectivity index (χ1v) is 9.10. The van der Waals surface area contributed by atoms with E-state index in [0.29, 0.717) is 0 Å². The van der Waals surface area contributed by atoms with E-state index in [1.54, 1.807) is 0 Å². The lowest BCUT2D eigenvalue weighted by Crippen LogP contribution is -2.13. The smallest absolute Gasteiger partial charge is 0.263 e. The van der Waals surface area contributed by atoms with Crippen molar-refractivity contribution in [2.24, 2.45) is 0 Å². The third-order valence-corrected chi connectivity index (χ3v) is 5.10. The third kappa shape index (κ3) is 3.70. The van der Waals surface area contributed by atoms with Crippen LogP contribution in [0.15, 0.2) is 52.4 Å². The molecule has 1 aromatic carbocycles. The highest BCUT2D eigenvalue weighted by Gasteiger charge is 2.15. The van der Waals surface area contributed by atoms with E-state index in [4.69, 9.17) is 5.73 Å². The number of hydrogen-bond acceptors (Lipinski definition) is 6. The first kappa shape index (κ1) is 15.3. The molecule has 0 aliphatic rings. The Hall–Kier alpha value is -2.13. The van der Waals surface area contributed by atoms with E-state index in [1.807, 2.05) is 0 Å². The van der Waals surface area contributed by atoms with E-state index in [-0.39, 0.29) is 21.3 Å². The van der Waals surface area contributed by atoms with E-state index < -0.39 is 19.9 Å². The summed E-state index contributed by atoms with van der Waals surface area (Å²) in [7, 11) is -7.12. The lowest BCUT2D eigenvalue weighted by atomic mass is 10.3. The molecular formula is C12H13N3O4S2. The fourth-order valence-electron chi connectivity index (χ4n) is 1.53. The molecule has 1 aromatic heterocycles. The molecular weight excluding hydrogens is 314 g/mol. The lowest BCUT2D eigenvalue weighted by Gasteiger charge is -2.08. The monoisotopic (exact) mass is 327 g/mol. The average molecular weight is 327 g/mol. The summed E-state index contributed by atoms with van der Waals surface area (Å²) in [5.74, 6) is 0.214. The number of pyridine rings is 1. The van der Waals surface area contributed by atoms with E-state index in [0.717, 1.165) is 12.5 Å². The van der Waals surface area contributed by atoms with Gasteiger partial charge in [-0.05, 0) is 36.4 Å². The van der Waals surface area contributed by atoms with E-state index in [1.165, 1.54) is 36.4 Å². The van der Waals surface area contributed by atoms with Crippen LogP contribution in [0.25, 0.3) is 0 Å². The van der Waals surface area contributed by atoms with Gasteiger partial charge in [0.05, 0.1) is 4.90 Å². The molecule has 0 amide bonds. The van der Waals surface area contributed by atoms with Gasteiger partial charge in [0.15, 0.2) is 9.84 Å². The molecule has 0 atom stereocenters. The zero-order valence-electron chi connectivity index (χ0n) is 11.0. The number of hydrogen-bond donors (Lipinski definition) is 2. The summed E-state index contributed by atoms with van der Waals surface area (Å²) in [6.07, 6.45) is 2.22. The standard InChI is InChI=1S/C12H13N3O4S2/c1-20(16,17)10-4-2-9(3-5-10)15-21(18,19)11-6-7-12(13)14-8-11/h2-8,15H,1H3,(H2,13,14). The molecule has 0 aliphatic heterocycles. The topological polar surface area (TPSA) is 119 Å². The first-order valence-electron chi connectivity index (χ1n) is 5.73. The number of sulfone groups is 1. The van der Waals surface area contributed by atoms with Gasteiger partial charge >= 0.3 is 0 Å². The van der Waals surface area contributed by atoms with Crippen LogP contribution in [0.1, 0.15) is 0 Å². The quantitative estimate of drug-likeness (QED) is 0.860. The molecule has 1 heterocycles. The Bertz CT molecular complexity index is 842. The fraction of sp³-hybridized carbons (Fsp3) is 0.0833. The lowest BCUT2D eigenvalue weighted by molar-refractivity contribution is 0.600. The number of aromatic nitrogens is 1. The average Bonchev–Trinajstić information content (AvgIpc) is 2.38. The highest BCUT2D eigenvalue weighted by Crippen LogP contribution is 2.18. The van der Waals surface area contributed by atoms with Gasteiger partial charge in [0, 0.05) is 18.1 Å². The molecule has 0 fully saturated rings. The van der Waals surface area contributed by atoms with Crippen LogP contribution in [-0.4, -0.2) is 28.1 Å². The number of nitrogen functional groups attached to an aromatic ring is 1. The summed E-state index contributed by atoms with van der Waals surface area (Å²) >= 11 is 0. The molecule has 2 aromatic rings. The molecule has 0 radical (unpaired) electrons. The minimum Gasteiger partial charge on any atom is -0.384 e. The van der Waals surface area contributed by atoms with Crippen molar-refractivity contribution in [3.63, 3.8) is 0 Å². The van der Waals surface area contributed by atoms with Crippen LogP contribution < -0.4 is 10.5 Å². The van der Waals surface area contributed by atoms with E-state index in [9.17, 15) is 16.8 Å². The SMILES string of the molecule is CS(=O)(=O)c1ccc(NS(=O)(=O)c2ccc(N)nc2)cc1. The zero-order valence-corrected chi connectivity index (χ0v) is 12.6. The molecule has 0 bridgehead atoms. The highest BCUT2D eigenvalue weighted by atomic mass is 32.2. The molecule has 9 heteroatoms. The van der Waals surface area contributed by atoms with Gasteiger partial charge in [-0.25, -0.2) is 21.8 Å². The molecule has 0 aliphatic carbocycles. The minimum absolute atomic E-state index is 0.0381. The van der Waals surface area contributed by atoms with Crippen LogP contribution in [0.2, 0.25) is 0 Å². The van der Waals surface area contributed by atoms with Gasteiger partial charge in [-0.3, -0.25) is 4.72 Å². The number of sulfonamides is 1. The zero-order chi connectivity index (χ0) is 15.7. The highest BCUT2D eigenvalue weighted by molar-refractivity contribution is 7.92. The van der Waals surface area contributed by atoms with Crippen molar-refractivity contribution in [2.75, 3.05) is 16.7 Å². The molecule has 0 unspecified atom stereocenters. The number of anilines is 2. The van der Waals surface area contributed by atoms with Gasteiger partial charge in [0.25, 0.3) is 10.0 Å². The van der Waals surface area contributed by atoms with E-state index in [2.05, 4.69) is 9.71 Å². The molecule has 0 saturated carbocycles. The van der Waals surface area contributed by atoms with Crippen molar-refractivity contribution in [3.8, 4) is 0 Å². The summed E-state index contributed by atoms with van der Waals surface area (Å²) in [5.41, 5.74) is 5.65. The van der Waals surface area contributed by atoms with Crippen molar-refractivity contribution in [1.82, 2.24) is 4.98 Å². The van der Waals surface area contributed by atoms with Crippen molar-refractivity contribution in [2.45, 2.75) is 9.79 Å². The Morgan fingerprint density at radius 1 is 0.952 bits per heavy atom. The van der Waals surface area contributed by atoms with Gasteiger partial charge in [-0.1, -0.05) is 0 Å². The van der Waals surface area contributed by atoms with Gasteiger partial charge < -0.3 is 5.73 Å². The van der Waals surface area contributed by atoms with Gasteiger partial charge in [0.1, 0.15) is 10.7 Å². The minimum atomic E-state index is -3.80. The molecule has 2 rings (SSSR count). The Morgan fingerprint density at radius 2 is 1.52 bits per heavy atom. The first-order chi connectivity index (χ1) is 9.68. The molecule has 3 N–H and O–H groups in total. The maximum atomic E-state index is 12.1. The molecule has 21 heavy (non-hydrogen) atoms. The van der Waals surface area contributed by atoms with E-state index >= 15 is 0 Å². The Labute approximate surface area is 122 Å². The number of nitrogens with one attached hydrogen (secondary N) is 1. The summed E-state index contributed by atoms with van der Waals surface area (Å²) in [6.45, 7) is 0. The number of rotatable bonds is 4.